The summed E-state index contributed by atoms with van der Waals surface area (Å²) in [6.07, 6.45) is 1.31. The first-order valence-corrected chi connectivity index (χ1v) is 12.6. The Morgan fingerprint density at radius 1 is 0.806 bits per heavy atom. The van der Waals surface area contributed by atoms with Gasteiger partial charge in [-0.2, -0.15) is 10.1 Å². The van der Waals surface area contributed by atoms with Gasteiger partial charge >= 0.3 is 0 Å². The normalized spacial score (nSPS) is 13.9. The molecule has 0 saturated carbocycles. The Morgan fingerprint density at radius 2 is 1.33 bits per heavy atom. The molecule has 0 atom stereocenters. The number of nitrogens with one attached hydrogen (secondary N) is 2. The van der Waals surface area contributed by atoms with Crippen molar-refractivity contribution in [3.63, 3.8) is 0 Å². The molecule has 0 fully saturated rings. The highest BCUT2D eigenvalue weighted by molar-refractivity contribution is 9.11. The summed E-state index contributed by atoms with van der Waals surface area (Å²) in [6.45, 7) is 0. The van der Waals surface area contributed by atoms with Crippen LogP contribution in [0.2, 0.25) is 0 Å². The van der Waals surface area contributed by atoms with E-state index >= 15 is 0 Å². The van der Waals surface area contributed by atoms with E-state index < -0.39 is 11.8 Å². The van der Waals surface area contributed by atoms with Crippen LogP contribution in [0.25, 0.3) is 43.6 Å². The van der Waals surface area contributed by atoms with Crippen LogP contribution in [0.5, 0.6) is 5.75 Å². The molecule has 2 aromatic heterocycles. The van der Waals surface area contributed by atoms with Crippen LogP contribution in [-0.2, 0) is 0 Å². The van der Waals surface area contributed by atoms with Gasteiger partial charge < -0.3 is 15.1 Å². The second-order valence-corrected chi connectivity index (χ2v) is 10.3. The minimum atomic E-state index is -0.513. The van der Waals surface area contributed by atoms with Crippen molar-refractivity contribution in [2.45, 2.75) is 0 Å². The van der Waals surface area contributed by atoms with Gasteiger partial charge in [-0.05, 0) is 40.2 Å². The van der Waals surface area contributed by atoms with Crippen molar-refractivity contribution in [2.24, 2.45) is 5.10 Å². The third-order valence-electron chi connectivity index (χ3n) is 6.60. The first kappa shape index (κ1) is 21.3. The predicted octanol–water partition coefficient (Wildman–Crippen LogP) is 6.82. The molecule has 0 bridgehead atoms. The fourth-order valence-electron chi connectivity index (χ4n) is 5.08. The van der Waals surface area contributed by atoms with Crippen LogP contribution < -0.4 is 0 Å². The van der Waals surface area contributed by atoms with Crippen LogP contribution in [0.3, 0.4) is 0 Å². The van der Waals surface area contributed by atoms with Crippen LogP contribution >= 0.6 is 31.9 Å². The van der Waals surface area contributed by atoms with Crippen molar-refractivity contribution in [1.29, 1.82) is 0 Å². The van der Waals surface area contributed by atoms with Crippen molar-refractivity contribution >= 4 is 93.5 Å². The van der Waals surface area contributed by atoms with E-state index in [9.17, 15) is 14.7 Å². The smallest absolute Gasteiger partial charge is 0.283 e. The lowest BCUT2D eigenvalue weighted by Crippen LogP contribution is -2.24. The first-order chi connectivity index (χ1) is 17.4. The summed E-state index contributed by atoms with van der Waals surface area (Å²) in [5, 5.41) is 18.6. The Bertz CT molecular complexity index is 1850. The molecular formula is C27H14Br2N4O3. The van der Waals surface area contributed by atoms with Crippen molar-refractivity contribution in [3.8, 4) is 5.75 Å². The number of benzene rings is 4. The average Bonchev–Trinajstić information content (AvgIpc) is 3.49. The fourth-order valence-corrected chi connectivity index (χ4v) is 6.38. The van der Waals surface area contributed by atoms with Gasteiger partial charge in [-0.15, -0.1) is 0 Å². The number of fused-ring (bicyclic) bond motifs is 10. The molecule has 2 amide bonds. The lowest BCUT2D eigenvalue weighted by atomic mass is 9.97. The first-order valence-electron chi connectivity index (χ1n) is 11.0. The van der Waals surface area contributed by atoms with E-state index in [0.29, 0.717) is 36.4 Å². The molecule has 0 spiro atoms. The number of rotatable bonds is 2. The molecule has 1 aliphatic rings. The van der Waals surface area contributed by atoms with Crippen LogP contribution in [-0.4, -0.2) is 38.1 Å². The number of halogens is 2. The molecule has 0 aliphatic carbocycles. The van der Waals surface area contributed by atoms with Crippen molar-refractivity contribution in [2.75, 3.05) is 0 Å². The minimum absolute atomic E-state index is 0.0466. The molecule has 36 heavy (non-hydrogen) atoms. The maximum Gasteiger partial charge on any atom is 0.283 e. The highest BCUT2D eigenvalue weighted by atomic mass is 79.9. The van der Waals surface area contributed by atoms with Crippen molar-refractivity contribution in [1.82, 2.24) is 15.0 Å². The lowest BCUT2D eigenvalue weighted by Gasteiger charge is -2.07. The average molecular weight is 602 g/mol. The molecule has 174 valence electrons. The predicted molar refractivity (Wildman–Crippen MR) is 147 cm³/mol. The summed E-state index contributed by atoms with van der Waals surface area (Å²) in [4.78, 5) is 34.5. The van der Waals surface area contributed by atoms with E-state index in [2.05, 4.69) is 46.9 Å². The van der Waals surface area contributed by atoms with Crippen molar-refractivity contribution in [3.05, 3.63) is 86.3 Å². The highest BCUT2D eigenvalue weighted by Crippen LogP contribution is 2.43. The Morgan fingerprint density at radius 3 is 1.86 bits per heavy atom. The van der Waals surface area contributed by atoms with Crippen LogP contribution in [0, 0.1) is 0 Å². The Kier molecular flexibility index (Phi) is 4.46. The maximum atomic E-state index is 13.8. The number of phenolic OH excluding ortho intramolecular Hbond substituents is 1. The van der Waals surface area contributed by atoms with E-state index in [1.165, 1.54) is 12.3 Å². The van der Waals surface area contributed by atoms with Crippen LogP contribution in [0.1, 0.15) is 26.3 Å². The maximum absolute atomic E-state index is 13.8. The topological polar surface area (TPSA) is 102 Å². The quantitative estimate of drug-likeness (QED) is 0.150. The summed E-state index contributed by atoms with van der Waals surface area (Å²) in [5.74, 6) is -1.07. The van der Waals surface area contributed by atoms with E-state index in [0.717, 1.165) is 37.8 Å². The molecule has 0 unspecified atom stereocenters. The van der Waals surface area contributed by atoms with Gasteiger partial charge in [0.1, 0.15) is 5.75 Å². The number of hydrogen-bond acceptors (Lipinski definition) is 4. The van der Waals surface area contributed by atoms with Gasteiger partial charge in [-0.3, -0.25) is 9.59 Å². The monoisotopic (exact) mass is 600 g/mol. The van der Waals surface area contributed by atoms with Gasteiger partial charge in [0.2, 0.25) is 0 Å². The van der Waals surface area contributed by atoms with Gasteiger partial charge in [0.25, 0.3) is 11.8 Å². The number of para-hydroxylation sites is 2. The summed E-state index contributed by atoms with van der Waals surface area (Å²) < 4.78 is 1.24. The largest absolute Gasteiger partial charge is 0.507 e. The molecule has 3 N–H and O–H groups in total. The van der Waals surface area contributed by atoms with Crippen LogP contribution in [0.15, 0.2) is 74.7 Å². The summed E-state index contributed by atoms with van der Waals surface area (Å²) in [5.41, 5.74) is 4.26. The molecule has 4 aromatic carbocycles. The number of aromatic hydroxyl groups is 1. The van der Waals surface area contributed by atoms with Gasteiger partial charge in [-0.25, -0.2) is 0 Å². The molecular weight excluding hydrogens is 588 g/mol. The lowest BCUT2D eigenvalue weighted by molar-refractivity contribution is 0.0661. The molecule has 7 nitrogen and oxygen atoms in total. The second kappa shape index (κ2) is 7.52. The molecule has 3 heterocycles. The third kappa shape index (κ3) is 2.81. The number of aromatic amines is 2. The molecule has 6 aromatic rings. The number of hydrogen-bond donors (Lipinski definition) is 3. The van der Waals surface area contributed by atoms with Gasteiger partial charge in [0, 0.05) is 41.5 Å². The number of phenols is 1. The van der Waals surface area contributed by atoms with Crippen molar-refractivity contribution < 1.29 is 14.7 Å². The standard InChI is InChI=1S/C27H14Br2N4O3/c28-12-9-16(29)15(19(34)10-12)11-30-33-26(35)22-20-13-5-1-3-7-17(13)31-24(20)25-21(23(22)27(33)36)14-6-2-4-8-18(14)32-25/h1-11,31-32,34H/b30-11+. The van der Waals surface area contributed by atoms with Crippen LogP contribution in [0.4, 0.5) is 0 Å². The zero-order chi connectivity index (χ0) is 24.7. The zero-order valence-electron chi connectivity index (χ0n) is 18.3. The summed E-state index contributed by atoms with van der Waals surface area (Å²) >= 11 is 6.72. The Labute approximate surface area is 219 Å². The van der Waals surface area contributed by atoms with E-state index in [4.69, 9.17) is 0 Å². The number of carbonyl (C=O) groups excluding carboxylic acids is 2. The third-order valence-corrected chi connectivity index (χ3v) is 7.71. The number of hydrazone groups is 1. The van der Waals surface area contributed by atoms with Gasteiger partial charge in [-0.1, -0.05) is 52.3 Å². The second-order valence-electron chi connectivity index (χ2n) is 8.58. The Balaban J connectivity index is 1.54. The minimum Gasteiger partial charge on any atom is -0.507 e. The number of imide groups is 1. The number of carbonyl (C=O) groups is 2. The number of nitrogens with zero attached hydrogens (tertiary/aromatic N) is 2. The zero-order valence-corrected chi connectivity index (χ0v) is 21.4. The number of aromatic nitrogens is 2. The Hall–Kier alpha value is -3.95. The van der Waals surface area contributed by atoms with E-state index in [1.54, 1.807) is 6.07 Å². The SMILES string of the molecule is O=C1c2c(c3c4ccccc4[nH]c3c3[nH]c4ccccc4c23)C(=O)N1/N=C/c1c(O)cc(Br)cc1Br. The molecule has 1 aliphatic heterocycles. The summed E-state index contributed by atoms with van der Waals surface area (Å²) in [6, 6.07) is 18.7. The number of amides is 2. The van der Waals surface area contributed by atoms with E-state index in [1.807, 2.05) is 48.5 Å². The molecule has 7 rings (SSSR count). The van der Waals surface area contributed by atoms with E-state index in [-0.39, 0.29) is 5.75 Å². The molecule has 0 saturated heterocycles. The highest BCUT2D eigenvalue weighted by Gasteiger charge is 2.41. The van der Waals surface area contributed by atoms with Gasteiger partial charge in [0.05, 0.1) is 33.9 Å². The summed E-state index contributed by atoms with van der Waals surface area (Å²) in [7, 11) is 0. The van der Waals surface area contributed by atoms with Gasteiger partial charge in [0.15, 0.2) is 0 Å². The number of H-pyrrole nitrogens is 2. The fraction of sp³-hybridized carbons (Fsp3) is 0. The molecule has 9 heteroatoms. The molecule has 0 radical (unpaired) electrons.